The summed E-state index contributed by atoms with van der Waals surface area (Å²) >= 11 is 7.71. The molecule has 0 radical (unpaired) electrons. The molecule has 1 nitrogen and oxygen atoms in total. The fourth-order valence-electron chi connectivity index (χ4n) is 2.20. The van der Waals surface area contributed by atoms with Crippen molar-refractivity contribution in [2.24, 2.45) is 5.92 Å². The van der Waals surface area contributed by atoms with Crippen LogP contribution < -0.4 is 0 Å². The Morgan fingerprint density at radius 1 is 1.53 bits per heavy atom. The van der Waals surface area contributed by atoms with Crippen molar-refractivity contribution < 1.29 is 0 Å². The number of likely N-dealkylation sites (tertiary alicyclic amines) is 1. The Hall–Kier alpha value is -0.0500. The quantitative estimate of drug-likeness (QED) is 0.734. The molecule has 15 heavy (non-hydrogen) atoms. The second-order valence-electron chi connectivity index (χ2n) is 4.34. The molecule has 1 saturated heterocycles. The lowest BCUT2D eigenvalue weighted by atomic mass is 10.00. The average molecular weight is 244 g/mol. The molecule has 1 aromatic rings. The summed E-state index contributed by atoms with van der Waals surface area (Å²) in [5.74, 6) is 1.55. The van der Waals surface area contributed by atoms with Gasteiger partial charge < -0.3 is 4.90 Å². The Labute approximate surface area is 101 Å². The normalized spacial score (nSPS) is 23.1. The molecule has 0 aromatic carbocycles. The van der Waals surface area contributed by atoms with Crippen LogP contribution in [0.2, 0.25) is 0 Å². The minimum absolute atomic E-state index is 0.725. The van der Waals surface area contributed by atoms with E-state index in [-0.39, 0.29) is 0 Å². The smallest absolute Gasteiger partial charge is 0.0263 e. The Balaban J connectivity index is 1.74. The molecular weight excluding hydrogens is 226 g/mol. The fraction of sp³-hybridized carbons (Fsp3) is 0.667. The molecule has 2 rings (SSSR count). The van der Waals surface area contributed by atoms with E-state index in [2.05, 4.69) is 21.7 Å². The zero-order valence-electron chi connectivity index (χ0n) is 8.99. The molecule has 0 aliphatic carbocycles. The number of alkyl halides is 1. The Bertz CT molecular complexity index is 273. The highest BCUT2D eigenvalue weighted by Gasteiger charge is 2.18. The van der Waals surface area contributed by atoms with Crippen LogP contribution in [0.4, 0.5) is 0 Å². The molecular formula is C12H18ClNS. The van der Waals surface area contributed by atoms with E-state index in [0.717, 1.165) is 11.8 Å². The molecule has 1 unspecified atom stereocenters. The van der Waals surface area contributed by atoms with E-state index in [1.165, 1.54) is 44.5 Å². The first-order valence-corrected chi connectivity index (χ1v) is 7.15. The SMILES string of the molecule is ClCC1CCCN(CCc2ccsc2)C1. The summed E-state index contributed by atoms with van der Waals surface area (Å²) in [7, 11) is 0. The zero-order chi connectivity index (χ0) is 10.5. The Kier molecular flexibility index (Phi) is 4.48. The summed E-state index contributed by atoms with van der Waals surface area (Å²) < 4.78 is 0. The van der Waals surface area contributed by atoms with Crippen LogP contribution in [0, 0.1) is 5.92 Å². The van der Waals surface area contributed by atoms with Gasteiger partial charge in [-0.25, -0.2) is 0 Å². The van der Waals surface area contributed by atoms with Crippen molar-refractivity contribution >= 4 is 22.9 Å². The second kappa shape index (κ2) is 5.88. The fourth-order valence-corrected chi connectivity index (χ4v) is 3.16. The number of hydrogen-bond donors (Lipinski definition) is 0. The lowest BCUT2D eigenvalue weighted by Gasteiger charge is -2.31. The number of nitrogens with zero attached hydrogens (tertiary/aromatic N) is 1. The number of piperidine rings is 1. The summed E-state index contributed by atoms with van der Waals surface area (Å²) in [6.07, 6.45) is 3.83. The summed E-state index contributed by atoms with van der Waals surface area (Å²) in [6, 6.07) is 2.23. The molecule has 1 atom stereocenters. The Morgan fingerprint density at radius 2 is 2.47 bits per heavy atom. The minimum atomic E-state index is 0.725. The van der Waals surface area contributed by atoms with Gasteiger partial charge in [-0.3, -0.25) is 0 Å². The van der Waals surface area contributed by atoms with Gasteiger partial charge in [0.15, 0.2) is 0 Å². The minimum Gasteiger partial charge on any atom is -0.303 e. The third-order valence-corrected chi connectivity index (χ3v) is 4.29. The molecule has 1 aliphatic rings. The van der Waals surface area contributed by atoms with Crippen LogP contribution in [0.5, 0.6) is 0 Å². The van der Waals surface area contributed by atoms with Crippen molar-refractivity contribution in [1.82, 2.24) is 4.90 Å². The maximum Gasteiger partial charge on any atom is 0.0263 e. The molecule has 0 saturated carbocycles. The highest BCUT2D eigenvalue weighted by atomic mass is 35.5. The van der Waals surface area contributed by atoms with Gasteiger partial charge in [0.1, 0.15) is 0 Å². The maximum atomic E-state index is 5.92. The lowest BCUT2D eigenvalue weighted by Crippen LogP contribution is -2.37. The number of hydrogen-bond acceptors (Lipinski definition) is 2. The van der Waals surface area contributed by atoms with Crippen molar-refractivity contribution in [2.45, 2.75) is 19.3 Å². The highest BCUT2D eigenvalue weighted by Crippen LogP contribution is 2.18. The molecule has 1 aromatic heterocycles. The van der Waals surface area contributed by atoms with Gasteiger partial charge in [0, 0.05) is 19.0 Å². The second-order valence-corrected chi connectivity index (χ2v) is 5.43. The van der Waals surface area contributed by atoms with Crippen molar-refractivity contribution in [1.29, 1.82) is 0 Å². The van der Waals surface area contributed by atoms with E-state index in [1.54, 1.807) is 11.3 Å². The highest BCUT2D eigenvalue weighted by molar-refractivity contribution is 7.07. The van der Waals surface area contributed by atoms with E-state index >= 15 is 0 Å². The third kappa shape index (κ3) is 3.47. The molecule has 0 spiro atoms. The molecule has 1 fully saturated rings. The molecule has 3 heteroatoms. The van der Waals surface area contributed by atoms with Gasteiger partial charge in [-0.05, 0) is 54.1 Å². The first kappa shape index (κ1) is 11.4. The van der Waals surface area contributed by atoms with Crippen LogP contribution in [0.1, 0.15) is 18.4 Å². The van der Waals surface area contributed by atoms with Gasteiger partial charge in [0.25, 0.3) is 0 Å². The predicted molar refractivity (Wildman–Crippen MR) is 67.9 cm³/mol. The predicted octanol–water partition coefficient (Wildman–Crippen LogP) is 3.24. The van der Waals surface area contributed by atoms with E-state index in [0.29, 0.717) is 0 Å². The molecule has 2 heterocycles. The van der Waals surface area contributed by atoms with E-state index < -0.39 is 0 Å². The standard InChI is InChI=1S/C12H18ClNS/c13-8-12-2-1-5-14(9-12)6-3-11-4-7-15-10-11/h4,7,10,12H,1-3,5-6,8-9H2. The molecule has 0 N–H and O–H groups in total. The third-order valence-electron chi connectivity index (χ3n) is 3.12. The summed E-state index contributed by atoms with van der Waals surface area (Å²) in [5, 5.41) is 4.41. The Morgan fingerprint density at radius 3 is 3.20 bits per heavy atom. The zero-order valence-corrected chi connectivity index (χ0v) is 10.6. The van der Waals surface area contributed by atoms with Gasteiger partial charge in [0.05, 0.1) is 0 Å². The summed E-state index contributed by atoms with van der Waals surface area (Å²) in [5.41, 5.74) is 1.48. The maximum absolute atomic E-state index is 5.92. The van der Waals surface area contributed by atoms with Crippen molar-refractivity contribution in [3.63, 3.8) is 0 Å². The van der Waals surface area contributed by atoms with Gasteiger partial charge in [-0.1, -0.05) is 0 Å². The number of rotatable bonds is 4. The van der Waals surface area contributed by atoms with Gasteiger partial charge in [-0.2, -0.15) is 11.3 Å². The molecule has 0 amide bonds. The van der Waals surface area contributed by atoms with Crippen LogP contribution in [0.25, 0.3) is 0 Å². The topological polar surface area (TPSA) is 3.24 Å². The first-order chi connectivity index (χ1) is 7.38. The summed E-state index contributed by atoms with van der Waals surface area (Å²) in [4.78, 5) is 2.56. The average Bonchev–Trinajstić information content (AvgIpc) is 2.79. The number of thiophene rings is 1. The first-order valence-electron chi connectivity index (χ1n) is 5.68. The van der Waals surface area contributed by atoms with Crippen molar-refractivity contribution in [3.8, 4) is 0 Å². The van der Waals surface area contributed by atoms with Crippen LogP contribution in [-0.2, 0) is 6.42 Å². The van der Waals surface area contributed by atoms with Crippen LogP contribution in [0.15, 0.2) is 16.8 Å². The van der Waals surface area contributed by atoms with Crippen LogP contribution in [-0.4, -0.2) is 30.4 Å². The van der Waals surface area contributed by atoms with Crippen LogP contribution >= 0.6 is 22.9 Å². The summed E-state index contributed by atoms with van der Waals surface area (Å²) in [6.45, 7) is 3.66. The largest absolute Gasteiger partial charge is 0.303 e. The molecule has 1 aliphatic heterocycles. The van der Waals surface area contributed by atoms with E-state index in [4.69, 9.17) is 11.6 Å². The molecule has 84 valence electrons. The van der Waals surface area contributed by atoms with Crippen molar-refractivity contribution in [3.05, 3.63) is 22.4 Å². The van der Waals surface area contributed by atoms with Crippen molar-refractivity contribution in [2.75, 3.05) is 25.5 Å². The molecule has 0 bridgehead atoms. The van der Waals surface area contributed by atoms with E-state index in [1.807, 2.05) is 0 Å². The van der Waals surface area contributed by atoms with Gasteiger partial charge >= 0.3 is 0 Å². The van der Waals surface area contributed by atoms with Crippen LogP contribution in [0.3, 0.4) is 0 Å². The number of halogens is 1. The van der Waals surface area contributed by atoms with Gasteiger partial charge in [-0.15, -0.1) is 11.6 Å². The van der Waals surface area contributed by atoms with E-state index in [9.17, 15) is 0 Å². The monoisotopic (exact) mass is 243 g/mol. The lowest BCUT2D eigenvalue weighted by molar-refractivity contribution is 0.187. The van der Waals surface area contributed by atoms with Gasteiger partial charge in [0.2, 0.25) is 0 Å².